The Morgan fingerprint density at radius 2 is 1.95 bits per heavy atom. The fourth-order valence-corrected chi connectivity index (χ4v) is 3.58. The van der Waals surface area contributed by atoms with Gasteiger partial charge in [-0.3, -0.25) is 0 Å². The molecule has 1 atom stereocenters. The maximum Gasteiger partial charge on any atom is 0.421 e. The molecule has 1 saturated heterocycles. The molecule has 2 N–H and O–H groups in total. The highest BCUT2D eigenvalue weighted by molar-refractivity contribution is 7.87. The Balaban J connectivity index is 2.46. The highest BCUT2D eigenvalue weighted by atomic mass is 32.2. The van der Waals surface area contributed by atoms with Gasteiger partial charge in [0.25, 0.3) is 0 Å². The molecule has 0 saturated carbocycles. The van der Waals surface area contributed by atoms with Crippen LogP contribution >= 0.6 is 0 Å². The number of amides is 1. The number of hydrogen-bond donors (Lipinski definition) is 2. The van der Waals surface area contributed by atoms with E-state index in [1.807, 2.05) is 4.72 Å². The molecule has 0 bridgehead atoms. The number of carbonyl (C=O) groups excluding carboxylic acids is 1. The lowest BCUT2D eigenvalue weighted by atomic mass is 9.91. The van der Waals surface area contributed by atoms with Crippen LogP contribution in [0.1, 0.15) is 40.0 Å². The molecule has 1 fully saturated rings. The monoisotopic (exact) mass is 321 g/mol. The molecule has 0 aliphatic carbocycles. The second kappa shape index (κ2) is 8.55. The molecule has 124 valence electrons. The number of piperidine rings is 1. The number of carbonyl (C=O) groups is 1. The molecule has 0 radical (unpaired) electrons. The fourth-order valence-electron chi connectivity index (χ4n) is 2.49. The van der Waals surface area contributed by atoms with E-state index in [1.54, 1.807) is 6.92 Å². The molecular formula is C13H27N3O4S. The average molecular weight is 321 g/mol. The van der Waals surface area contributed by atoms with Crippen LogP contribution in [0.4, 0.5) is 4.79 Å². The Morgan fingerprint density at radius 3 is 2.48 bits per heavy atom. The van der Waals surface area contributed by atoms with E-state index in [1.165, 1.54) is 4.31 Å². The van der Waals surface area contributed by atoms with Crippen LogP contribution in [0.25, 0.3) is 0 Å². The minimum absolute atomic E-state index is 0.143. The van der Waals surface area contributed by atoms with Crippen LogP contribution in [-0.2, 0) is 14.9 Å². The molecular weight excluding hydrogens is 294 g/mol. The molecule has 8 heteroatoms. The van der Waals surface area contributed by atoms with Crippen molar-refractivity contribution in [2.24, 2.45) is 5.92 Å². The quantitative estimate of drug-likeness (QED) is 0.732. The van der Waals surface area contributed by atoms with Crippen LogP contribution in [0.3, 0.4) is 0 Å². The standard InChI is InChI=1S/C13H27N3O4S/c1-4-8-14-11(3)12-6-9-16(10-7-12)21(18,19)15-13(17)20-5-2/h11-12,14H,4-10H2,1-3H3,(H,15,17). The van der Waals surface area contributed by atoms with Gasteiger partial charge in [-0.25, -0.2) is 9.52 Å². The SMILES string of the molecule is CCCNC(C)C1CCN(S(=O)(=O)NC(=O)OCC)CC1. The molecule has 7 nitrogen and oxygen atoms in total. The molecule has 1 amide bonds. The minimum atomic E-state index is -3.78. The van der Waals surface area contributed by atoms with E-state index in [4.69, 9.17) is 0 Å². The number of rotatable bonds is 7. The van der Waals surface area contributed by atoms with Gasteiger partial charge in [-0.05, 0) is 45.6 Å². The molecule has 1 unspecified atom stereocenters. The maximum atomic E-state index is 12.0. The Morgan fingerprint density at radius 1 is 1.33 bits per heavy atom. The molecule has 0 aromatic carbocycles. The largest absolute Gasteiger partial charge is 0.449 e. The molecule has 0 aromatic heterocycles. The maximum absolute atomic E-state index is 12.0. The summed E-state index contributed by atoms with van der Waals surface area (Å²) in [5.41, 5.74) is 0. The number of nitrogens with zero attached hydrogens (tertiary/aromatic N) is 1. The zero-order valence-electron chi connectivity index (χ0n) is 13.1. The summed E-state index contributed by atoms with van der Waals surface area (Å²) in [6.07, 6.45) is 1.75. The minimum Gasteiger partial charge on any atom is -0.449 e. The summed E-state index contributed by atoms with van der Waals surface area (Å²) in [6.45, 7) is 7.86. The van der Waals surface area contributed by atoms with E-state index in [9.17, 15) is 13.2 Å². The summed E-state index contributed by atoms with van der Waals surface area (Å²) in [4.78, 5) is 11.2. The Kier molecular flexibility index (Phi) is 7.41. The number of ether oxygens (including phenoxy) is 1. The summed E-state index contributed by atoms with van der Waals surface area (Å²) in [6, 6.07) is 0.382. The van der Waals surface area contributed by atoms with Gasteiger partial charge in [0.15, 0.2) is 0 Å². The summed E-state index contributed by atoms with van der Waals surface area (Å²) >= 11 is 0. The predicted octanol–water partition coefficient (Wildman–Crippen LogP) is 1.08. The third-order valence-corrected chi connectivity index (χ3v) is 5.22. The van der Waals surface area contributed by atoms with Crippen molar-refractivity contribution in [2.75, 3.05) is 26.2 Å². The van der Waals surface area contributed by atoms with Crippen molar-refractivity contribution in [1.82, 2.24) is 14.3 Å². The highest BCUT2D eigenvalue weighted by Crippen LogP contribution is 2.22. The van der Waals surface area contributed by atoms with E-state index in [2.05, 4.69) is 23.9 Å². The van der Waals surface area contributed by atoms with Crippen molar-refractivity contribution in [3.05, 3.63) is 0 Å². The van der Waals surface area contributed by atoms with Gasteiger partial charge in [0, 0.05) is 19.1 Å². The highest BCUT2D eigenvalue weighted by Gasteiger charge is 2.31. The van der Waals surface area contributed by atoms with Gasteiger partial charge < -0.3 is 10.1 Å². The van der Waals surface area contributed by atoms with Crippen molar-refractivity contribution in [1.29, 1.82) is 0 Å². The second-order valence-corrected chi connectivity index (χ2v) is 6.98. The first kappa shape index (κ1) is 18.2. The smallest absolute Gasteiger partial charge is 0.421 e. The van der Waals surface area contributed by atoms with Gasteiger partial charge in [0.05, 0.1) is 6.61 Å². The zero-order valence-corrected chi connectivity index (χ0v) is 13.9. The molecule has 1 rings (SSSR count). The summed E-state index contributed by atoms with van der Waals surface area (Å²) in [5, 5.41) is 3.45. The molecule has 21 heavy (non-hydrogen) atoms. The normalized spacial score (nSPS) is 19.2. The van der Waals surface area contributed by atoms with Crippen LogP contribution in [-0.4, -0.2) is 51.1 Å². The van der Waals surface area contributed by atoms with Crippen LogP contribution in [0.2, 0.25) is 0 Å². The van der Waals surface area contributed by atoms with E-state index in [-0.39, 0.29) is 6.61 Å². The Bertz CT molecular complexity index is 419. The van der Waals surface area contributed by atoms with Crippen LogP contribution in [0.15, 0.2) is 0 Å². The molecule has 1 aliphatic rings. The summed E-state index contributed by atoms with van der Waals surface area (Å²) in [7, 11) is -3.78. The van der Waals surface area contributed by atoms with Crippen molar-refractivity contribution in [2.45, 2.75) is 46.1 Å². The van der Waals surface area contributed by atoms with Gasteiger partial charge in [-0.2, -0.15) is 12.7 Å². The molecule has 1 heterocycles. The number of nitrogens with one attached hydrogen (secondary N) is 2. The Hall–Kier alpha value is -0.860. The lowest BCUT2D eigenvalue weighted by Gasteiger charge is -2.34. The third-order valence-electron chi connectivity index (χ3n) is 3.75. The molecule has 1 aliphatic heterocycles. The lowest BCUT2D eigenvalue weighted by molar-refractivity contribution is 0.157. The van der Waals surface area contributed by atoms with Gasteiger partial charge in [-0.15, -0.1) is 0 Å². The third kappa shape index (κ3) is 5.80. The fraction of sp³-hybridized carbons (Fsp3) is 0.923. The van der Waals surface area contributed by atoms with Crippen molar-refractivity contribution < 1.29 is 17.9 Å². The molecule has 0 aromatic rings. The average Bonchev–Trinajstić information content (AvgIpc) is 2.44. The molecule has 0 spiro atoms. The van der Waals surface area contributed by atoms with E-state index in [0.29, 0.717) is 25.0 Å². The zero-order chi connectivity index (χ0) is 15.9. The van der Waals surface area contributed by atoms with E-state index >= 15 is 0 Å². The van der Waals surface area contributed by atoms with Crippen molar-refractivity contribution in [3.8, 4) is 0 Å². The van der Waals surface area contributed by atoms with Gasteiger partial charge >= 0.3 is 16.3 Å². The van der Waals surface area contributed by atoms with E-state index in [0.717, 1.165) is 25.8 Å². The van der Waals surface area contributed by atoms with Crippen molar-refractivity contribution >= 4 is 16.3 Å². The van der Waals surface area contributed by atoms with Crippen LogP contribution in [0.5, 0.6) is 0 Å². The first-order chi connectivity index (χ1) is 9.90. The van der Waals surface area contributed by atoms with Gasteiger partial charge in [0.1, 0.15) is 0 Å². The summed E-state index contributed by atoms with van der Waals surface area (Å²) < 4.78 is 31.9. The van der Waals surface area contributed by atoms with Crippen LogP contribution in [0, 0.1) is 5.92 Å². The predicted molar refractivity (Wildman–Crippen MR) is 81.1 cm³/mol. The first-order valence-electron chi connectivity index (χ1n) is 7.58. The van der Waals surface area contributed by atoms with Gasteiger partial charge in [0.2, 0.25) is 0 Å². The summed E-state index contributed by atoms with van der Waals surface area (Å²) in [5.74, 6) is 0.464. The van der Waals surface area contributed by atoms with Crippen LogP contribution < -0.4 is 10.0 Å². The van der Waals surface area contributed by atoms with Crippen molar-refractivity contribution in [3.63, 3.8) is 0 Å². The number of hydrogen-bond acceptors (Lipinski definition) is 5. The van der Waals surface area contributed by atoms with E-state index < -0.39 is 16.3 Å². The topological polar surface area (TPSA) is 87.7 Å². The first-order valence-corrected chi connectivity index (χ1v) is 9.02. The Labute approximate surface area is 127 Å². The van der Waals surface area contributed by atoms with Gasteiger partial charge in [-0.1, -0.05) is 6.92 Å². The lowest BCUT2D eigenvalue weighted by Crippen LogP contribution is -2.49. The second-order valence-electron chi connectivity index (χ2n) is 5.31.